The van der Waals surface area contributed by atoms with Gasteiger partial charge >= 0.3 is 5.69 Å². The van der Waals surface area contributed by atoms with E-state index in [1.54, 1.807) is 18.2 Å². The van der Waals surface area contributed by atoms with Crippen LogP contribution in [0.25, 0.3) is 0 Å². The summed E-state index contributed by atoms with van der Waals surface area (Å²) < 4.78 is 0. The van der Waals surface area contributed by atoms with Gasteiger partial charge in [-0.3, -0.25) is 14.9 Å². The van der Waals surface area contributed by atoms with Gasteiger partial charge in [-0.05, 0) is 18.2 Å². The van der Waals surface area contributed by atoms with E-state index in [2.05, 4.69) is 10.3 Å². The lowest BCUT2D eigenvalue weighted by atomic mass is 10.1. The van der Waals surface area contributed by atoms with Crippen LogP contribution in [0.5, 0.6) is 0 Å². The molecule has 0 saturated heterocycles. The molecule has 96 valence electrons. The summed E-state index contributed by atoms with van der Waals surface area (Å²) >= 11 is 0. The Bertz CT molecular complexity index is 587. The van der Waals surface area contributed by atoms with E-state index < -0.39 is 10.8 Å². The maximum Gasteiger partial charge on any atom is 0.311 e. The summed E-state index contributed by atoms with van der Waals surface area (Å²) in [5.74, 6) is -0.567. The number of benzene rings is 1. The Balaban J connectivity index is 2.42. The van der Waals surface area contributed by atoms with Crippen LogP contribution in [0.15, 0.2) is 42.6 Å². The van der Waals surface area contributed by atoms with Crippen molar-refractivity contribution in [2.45, 2.75) is 0 Å². The van der Waals surface area contributed by atoms with Gasteiger partial charge in [0.25, 0.3) is 5.91 Å². The molecular weight excluding hydrogens is 248 g/mol. The van der Waals surface area contributed by atoms with Gasteiger partial charge in [-0.15, -0.1) is 0 Å². The first-order valence-electron chi connectivity index (χ1n) is 5.35. The molecule has 0 spiro atoms. The van der Waals surface area contributed by atoms with Gasteiger partial charge in [0.1, 0.15) is 0 Å². The first-order chi connectivity index (χ1) is 9.09. The number of para-hydroxylation sites is 1. The molecule has 0 saturated carbocycles. The average molecular weight is 258 g/mol. The van der Waals surface area contributed by atoms with Gasteiger partial charge in [-0.1, -0.05) is 12.1 Å². The number of carbonyl (C=O) groups is 1. The second kappa shape index (κ2) is 5.13. The number of carbonyl (C=O) groups excluding carboxylic acids is 1. The molecule has 19 heavy (non-hydrogen) atoms. The molecule has 7 heteroatoms. The van der Waals surface area contributed by atoms with Crippen molar-refractivity contribution in [3.8, 4) is 0 Å². The first kappa shape index (κ1) is 12.5. The van der Waals surface area contributed by atoms with Gasteiger partial charge in [0.2, 0.25) is 5.82 Å². The number of pyridine rings is 1. The monoisotopic (exact) mass is 258 g/mol. The van der Waals surface area contributed by atoms with E-state index in [0.29, 0.717) is 5.69 Å². The molecule has 0 aliphatic carbocycles. The minimum atomic E-state index is -0.623. The van der Waals surface area contributed by atoms with Gasteiger partial charge in [-0.2, -0.15) is 0 Å². The number of hydrogen-bond acceptors (Lipinski definition) is 5. The molecule has 1 aromatic carbocycles. The summed E-state index contributed by atoms with van der Waals surface area (Å²) in [6.07, 6.45) is 1.42. The molecule has 0 fully saturated rings. The molecule has 1 aromatic heterocycles. The highest BCUT2D eigenvalue weighted by molar-refractivity contribution is 5.99. The molecule has 2 rings (SSSR count). The highest BCUT2D eigenvalue weighted by atomic mass is 16.6. The van der Waals surface area contributed by atoms with Crippen LogP contribution in [0.3, 0.4) is 0 Å². The number of nitrogens with two attached hydrogens (primary N) is 1. The normalized spacial score (nSPS) is 9.89. The van der Waals surface area contributed by atoms with Crippen molar-refractivity contribution in [1.82, 2.24) is 4.98 Å². The molecule has 7 nitrogen and oxygen atoms in total. The van der Waals surface area contributed by atoms with E-state index in [-0.39, 0.29) is 17.1 Å². The Labute approximate surface area is 108 Å². The van der Waals surface area contributed by atoms with Crippen LogP contribution in [0, 0.1) is 10.1 Å². The molecule has 0 aliphatic heterocycles. The van der Waals surface area contributed by atoms with Crippen LogP contribution in [0.4, 0.5) is 17.2 Å². The van der Waals surface area contributed by atoms with Crippen molar-refractivity contribution in [3.05, 3.63) is 58.3 Å². The van der Waals surface area contributed by atoms with Crippen molar-refractivity contribution < 1.29 is 9.72 Å². The van der Waals surface area contributed by atoms with Crippen molar-refractivity contribution in [2.24, 2.45) is 5.73 Å². The van der Waals surface area contributed by atoms with Crippen molar-refractivity contribution in [2.75, 3.05) is 5.32 Å². The number of nitrogens with zero attached hydrogens (tertiary/aromatic N) is 2. The molecule has 0 atom stereocenters. The maximum absolute atomic E-state index is 11.3. The second-order valence-electron chi connectivity index (χ2n) is 3.66. The van der Waals surface area contributed by atoms with Gasteiger partial charge in [0.05, 0.1) is 16.2 Å². The molecule has 0 aliphatic rings. The van der Waals surface area contributed by atoms with Gasteiger partial charge < -0.3 is 11.1 Å². The van der Waals surface area contributed by atoms with Crippen LogP contribution in [-0.4, -0.2) is 15.8 Å². The largest absolute Gasteiger partial charge is 0.366 e. The SMILES string of the molecule is NC(=O)c1ccccc1Nc1ncccc1[N+](=O)[O-]. The quantitative estimate of drug-likeness (QED) is 0.641. The summed E-state index contributed by atoms with van der Waals surface area (Å²) in [6.45, 7) is 0. The van der Waals surface area contributed by atoms with Crippen molar-refractivity contribution >= 4 is 23.1 Å². The fraction of sp³-hybridized carbons (Fsp3) is 0. The summed E-state index contributed by atoms with van der Waals surface area (Å²) in [4.78, 5) is 25.5. The summed E-state index contributed by atoms with van der Waals surface area (Å²) in [6, 6.07) is 9.24. The Morgan fingerprint density at radius 1 is 1.26 bits per heavy atom. The van der Waals surface area contributed by atoms with Crippen molar-refractivity contribution in [3.63, 3.8) is 0 Å². The zero-order valence-electron chi connectivity index (χ0n) is 9.74. The van der Waals surface area contributed by atoms with Crippen LogP contribution in [0.2, 0.25) is 0 Å². The Hall–Kier alpha value is -2.96. The van der Waals surface area contributed by atoms with E-state index in [4.69, 9.17) is 5.73 Å². The molecule has 0 unspecified atom stereocenters. The average Bonchev–Trinajstić information content (AvgIpc) is 2.39. The third-order valence-electron chi connectivity index (χ3n) is 2.43. The molecule has 0 radical (unpaired) electrons. The number of anilines is 2. The van der Waals surface area contributed by atoms with Crippen LogP contribution < -0.4 is 11.1 Å². The minimum absolute atomic E-state index is 0.0567. The number of amides is 1. The zero-order valence-corrected chi connectivity index (χ0v) is 9.74. The van der Waals surface area contributed by atoms with Gasteiger partial charge in [0.15, 0.2) is 0 Å². The number of aromatic nitrogens is 1. The Kier molecular flexibility index (Phi) is 3.37. The zero-order chi connectivity index (χ0) is 13.8. The third kappa shape index (κ3) is 2.65. The maximum atomic E-state index is 11.3. The fourth-order valence-corrected chi connectivity index (χ4v) is 1.57. The summed E-state index contributed by atoms with van der Waals surface area (Å²) in [5, 5.41) is 13.6. The highest BCUT2D eigenvalue weighted by Crippen LogP contribution is 2.26. The number of nitrogens with one attached hydrogen (secondary N) is 1. The number of hydrogen-bond donors (Lipinski definition) is 2. The number of primary amides is 1. The third-order valence-corrected chi connectivity index (χ3v) is 2.43. The molecule has 0 bridgehead atoms. The predicted molar refractivity (Wildman–Crippen MR) is 69.1 cm³/mol. The molecule has 2 aromatic rings. The smallest absolute Gasteiger partial charge is 0.311 e. The Morgan fingerprint density at radius 2 is 2.00 bits per heavy atom. The van der Waals surface area contributed by atoms with E-state index in [0.717, 1.165) is 0 Å². The molecule has 1 amide bonds. The van der Waals surface area contributed by atoms with Crippen molar-refractivity contribution in [1.29, 1.82) is 0 Å². The lowest BCUT2D eigenvalue weighted by Gasteiger charge is -2.08. The lowest BCUT2D eigenvalue weighted by molar-refractivity contribution is -0.384. The number of nitro groups is 1. The first-order valence-corrected chi connectivity index (χ1v) is 5.35. The van der Waals surface area contributed by atoms with E-state index in [1.165, 1.54) is 24.4 Å². The van der Waals surface area contributed by atoms with Crippen LogP contribution >= 0.6 is 0 Å². The molecular formula is C12H10N4O3. The summed E-state index contributed by atoms with van der Waals surface area (Å²) in [5.41, 5.74) is 5.66. The fourth-order valence-electron chi connectivity index (χ4n) is 1.57. The molecule has 1 heterocycles. The topological polar surface area (TPSA) is 111 Å². The van der Waals surface area contributed by atoms with E-state index >= 15 is 0 Å². The van der Waals surface area contributed by atoms with Gasteiger partial charge in [-0.25, -0.2) is 4.98 Å². The predicted octanol–water partition coefficient (Wildman–Crippen LogP) is 1.83. The standard InChI is InChI=1S/C12H10N4O3/c13-11(17)8-4-1-2-5-9(8)15-12-10(16(18)19)6-3-7-14-12/h1-7H,(H2,13,17)(H,14,15). The minimum Gasteiger partial charge on any atom is -0.366 e. The van der Waals surface area contributed by atoms with Crippen LogP contribution in [-0.2, 0) is 0 Å². The van der Waals surface area contributed by atoms with E-state index in [9.17, 15) is 14.9 Å². The molecule has 3 N–H and O–H groups in total. The number of rotatable bonds is 4. The summed E-state index contributed by atoms with van der Waals surface area (Å²) in [7, 11) is 0. The second-order valence-corrected chi connectivity index (χ2v) is 3.66. The Morgan fingerprint density at radius 3 is 2.68 bits per heavy atom. The highest BCUT2D eigenvalue weighted by Gasteiger charge is 2.16. The van der Waals surface area contributed by atoms with Gasteiger partial charge in [0, 0.05) is 12.3 Å². The lowest BCUT2D eigenvalue weighted by Crippen LogP contribution is -2.13. The van der Waals surface area contributed by atoms with E-state index in [1.807, 2.05) is 0 Å². The van der Waals surface area contributed by atoms with Crippen LogP contribution in [0.1, 0.15) is 10.4 Å².